The molecule has 0 atom stereocenters. The topological polar surface area (TPSA) is 99.0 Å². The summed E-state index contributed by atoms with van der Waals surface area (Å²) in [5, 5.41) is 10.1. The van der Waals surface area contributed by atoms with Crippen LogP contribution in [0.3, 0.4) is 0 Å². The Labute approximate surface area is 189 Å². The van der Waals surface area contributed by atoms with Gasteiger partial charge in [0, 0.05) is 11.1 Å². The van der Waals surface area contributed by atoms with Crippen molar-refractivity contribution in [3.8, 4) is 0 Å². The van der Waals surface area contributed by atoms with Gasteiger partial charge in [-0.05, 0) is 32.4 Å². The Morgan fingerprint density at radius 2 is 1.94 bits per heavy atom. The average molecular weight is 450 g/mol. The Morgan fingerprint density at radius 3 is 2.69 bits per heavy atom. The Hall–Kier alpha value is -3.59. The van der Waals surface area contributed by atoms with Crippen LogP contribution in [0.5, 0.6) is 0 Å². The maximum absolute atomic E-state index is 13.0. The lowest BCUT2D eigenvalue weighted by Crippen LogP contribution is -2.13. The van der Waals surface area contributed by atoms with E-state index < -0.39 is 0 Å². The number of benzene rings is 1. The number of ether oxygens (including phenoxy) is 1. The van der Waals surface area contributed by atoms with E-state index in [0.717, 1.165) is 11.3 Å². The Bertz CT molecular complexity index is 1280. The molecule has 164 valence electrons. The second kappa shape index (κ2) is 9.27. The molecule has 4 aromatic rings. The van der Waals surface area contributed by atoms with Crippen LogP contribution < -0.4 is 5.32 Å². The predicted octanol–water partition coefficient (Wildman–Crippen LogP) is 3.91. The molecule has 8 nitrogen and oxygen atoms in total. The molecule has 3 heterocycles. The molecular weight excluding hydrogens is 426 g/mol. The van der Waals surface area contributed by atoms with E-state index in [4.69, 9.17) is 4.74 Å². The van der Waals surface area contributed by atoms with E-state index in [2.05, 4.69) is 44.6 Å². The Kier molecular flexibility index (Phi) is 6.27. The van der Waals surface area contributed by atoms with Crippen LogP contribution >= 0.6 is 11.3 Å². The van der Waals surface area contributed by atoms with Crippen LogP contribution in [-0.4, -0.2) is 38.2 Å². The molecule has 9 heteroatoms. The molecule has 1 amide bonds. The van der Waals surface area contributed by atoms with Crippen LogP contribution in [0.1, 0.15) is 39.8 Å². The van der Waals surface area contributed by atoms with Gasteiger partial charge in [0.15, 0.2) is 10.8 Å². The number of anilines is 1. The molecule has 0 saturated heterocycles. The van der Waals surface area contributed by atoms with Gasteiger partial charge in [-0.1, -0.05) is 29.8 Å². The van der Waals surface area contributed by atoms with Gasteiger partial charge in [-0.15, -0.1) is 11.3 Å². The van der Waals surface area contributed by atoms with Gasteiger partial charge in [0.1, 0.15) is 0 Å². The highest BCUT2D eigenvalue weighted by atomic mass is 32.1. The third-order valence-electron chi connectivity index (χ3n) is 4.84. The number of hydrogen-bond donors (Lipinski definition) is 1. The predicted molar refractivity (Wildman–Crippen MR) is 123 cm³/mol. The number of aryl methyl sites for hydroxylation is 2. The first-order valence-corrected chi connectivity index (χ1v) is 11.1. The van der Waals surface area contributed by atoms with Gasteiger partial charge in [-0.3, -0.25) is 14.9 Å². The molecule has 0 aliphatic rings. The molecule has 0 aliphatic carbocycles. The van der Waals surface area contributed by atoms with E-state index in [1.807, 2.05) is 13.8 Å². The number of pyridine rings is 1. The summed E-state index contributed by atoms with van der Waals surface area (Å²) in [4.78, 5) is 33.6. The van der Waals surface area contributed by atoms with E-state index >= 15 is 0 Å². The zero-order valence-corrected chi connectivity index (χ0v) is 18.9. The third kappa shape index (κ3) is 4.83. The average Bonchev–Trinajstić information content (AvgIpc) is 3.36. The van der Waals surface area contributed by atoms with Gasteiger partial charge in [0.25, 0.3) is 5.91 Å². The van der Waals surface area contributed by atoms with Gasteiger partial charge in [0.2, 0.25) is 0 Å². The normalized spacial score (nSPS) is 11.0. The number of nitrogens with one attached hydrogen (secondary N) is 1. The highest BCUT2D eigenvalue weighted by Crippen LogP contribution is 2.22. The number of nitrogens with zero attached hydrogens (tertiary/aromatic N) is 4. The van der Waals surface area contributed by atoms with Crippen LogP contribution in [0.15, 0.2) is 41.9 Å². The van der Waals surface area contributed by atoms with Crippen LogP contribution in [0.4, 0.5) is 5.13 Å². The first kappa shape index (κ1) is 21.6. The molecule has 0 fully saturated rings. The number of aromatic nitrogens is 4. The maximum atomic E-state index is 13.0. The van der Waals surface area contributed by atoms with Gasteiger partial charge >= 0.3 is 5.97 Å². The van der Waals surface area contributed by atoms with Gasteiger partial charge in [-0.25, -0.2) is 14.6 Å². The molecule has 0 unspecified atom stereocenters. The number of esters is 1. The standard InChI is InChI=1S/C23H23N5O3S/c1-4-31-20(29)10-17-13-32-23(26-17)27-22(30)18-9-15(3)25-21-19(18)11-24-28(21)12-16-7-5-14(2)6-8-16/h5-9,11,13H,4,10,12H2,1-3H3,(H,26,27,30). The van der Waals surface area contributed by atoms with Crippen LogP contribution in [0.2, 0.25) is 0 Å². The highest BCUT2D eigenvalue weighted by Gasteiger charge is 2.18. The van der Waals surface area contributed by atoms with Gasteiger partial charge < -0.3 is 4.74 Å². The minimum atomic E-state index is -0.344. The van der Waals surface area contributed by atoms with Crippen LogP contribution in [-0.2, 0) is 22.5 Å². The van der Waals surface area contributed by atoms with Crippen LogP contribution in [0.25, 0.3) is 11.0 Å². The number of fused-ring (bicyclic) bond motifs is 1. The summed E-state index contributed by atoms with van der Waals surface area (Å²) in [6.45, 7) is 6.53. The van der Waals surface area contributed by atoms with Crippen molar-refractivity contribution in [1.29, 1.82) is 0 Å². The van der Waals surface area contributed by atoms with Crippen molar-refractivity contribution in [3.05, 3.63) is 70.0 Å². The van der Waals surface area contributed by atoms with E-state index in [1.54, 1.807) is 29.2 Å². The quantitative estimate of drug-likeness (QED) is 0.430. The Morgan fingerprint density at radius 1 is 1.16 bits per heavy atom. The number of thiazole rings is 1. The summed E-state index contributed by atoms with van der Waals surface area (Å²) < 4.78 is 6.74. The molecule has 4 rings (SSSR count). The molecule has 32 heavy (non-hydrogen) atoms. The smallest absolute Gasteiger partial charge is 0.311 e. The number of rotatable bonds is 7. The lowest BCUT2D eigenvalue weighted by molar-refractivity contribution is -0.142. The highest BCUT2D eigenvalue weighted by molar-refractivity contribution is 7.14. The fourth-order valence-electron chi connectivity index (χ4n) is 3.31. The summed E-state index contributed by atoms with van der Waals surface area (Å²) >= 11 is 1.26. The summed E-state index contributed by atoms with van der Waals surface area (Å²) in [5.41, 5.74) is 4.70. The van der Waals surface area contributed by atoms with Gasteiger partial charge in [0.05, 0.1) is 42.4 Å². The number of carbonyl (C=O) groups excluding carboxylic acids is 2. The molecule has 1 aromatic carbocycles. The van der Waals surface area contributed by atoms with Crippen molar-refractivity contribution in [2.75, 3.05) is 11.9 Å². The molecule has 0 radical (unpaired) electrons. The Balaban J connectivity index is 1.55. The van der Waals surface area contributed by atoms with E-state index in [0.29, 0.717) is 40.6 Å². The lowest BCUT2D eigenvalue weighted by Gasteiger charge is -2.07. The number of carbonyl (C=O) groups is 2. The van der Waals surface area contributed by atoms with E-state index in [1.165, 1.54) is 16.9 Å². The van der Waals surface area contributed by atoms with Gasteiger partial charge in [-0.2, -0.15) is 5.10 Å². The minimum absolute atomic E-state index is 0.0740. The summed E-state index contributed by atoms with van der Waals surface area (Å²) in [7, 11) is 0. The third-order valence-corrected chi connectivity index (χ3v) is 5.64. The first-order valence-electron chi connectivity index (χ1n) is 10.2. The van der Waals surface area contributed by atoms with Crippen molar-refractivity contribution in [3.63, 3.8) is 0 Å². The first-order chi connectivity index (χ1) is 15.4. The zero-order chi connectivity index (χ0) is 22.7. The summed E-state index contributed by atoms with van der Waals surface area (Å²) in [6.07, 6.45) is 1.74. The molecule has 0 aliphatic heterocycles. The van der Waals surface area contributed by atoms with E-state index in [-0.39, 0.29) is 18.3 Å². The fourth-order valence-corrected chi connectivity index (χ4v) is 4.02. The molecule has 3 aromatic heterocycles. The monoisotopic (exact) mass is 449 g/mol. The fraction of sp³-hybridized carbons (Fsp3) is 0.261. The lowest BCUT2D eigenvalue weighted by atomic mass is 10.1. The zero-order valence-electron chi connectivity index (χ0n) is 18.1. The molecule has 1 N–H and O–H groups in total. The second-order valence-electron chi connectivity index (χ2n) is 7.42. The maximum Gasteiger partial charge on any atom is 0.311 e. The molecular formula is C23H23N5O3S. The minimum Gasteiger partial charge on any atom is -0.466 e. The van der Waals surface area contributed by atoms with Crippen molar-refractivity contribution in [1.82, 2.24) is 19.7 Å². The number of amides is 1. The van der Waals surface area contributed by atoms with Crippen molar-refractivity contribution in [2.24, 2.45) is 0 Å². The SMILES string of the molecule is CCOC(=O)Cc1csc(NC(=O)c2cc(C)nc3c2cnn3Cc2ccc(C)cc2)n1. The molecule has 0 spiro atoms. The second-order valence-corrected chi connectivity index (χ2v) is 8.27. The summed E-state index contributed by atoms with van der Waals surface area (Å²) in [6, 6.07) is 9.97. The molecule has 0 saturated carbocycles. The van der Waals surface area contributed by atoms with Crippen molar-refractivity contribution < 1.29 is 14.3 Å². The summed E-state index contributed by atoms with van der Waals surface area (Å²) in [5.74, 6) is -0.643. The van der Waals surface area contributed by atoms with Crippen molar-refractivity contribution in [2.45, 2.75) is 33.7 Å². The van der Waals surface area contributed by atoms with E-state index in [9.17, 15) is 9.59 Å². The molecule has 0 bridgehead atoms. The van der Waals surface area contributed by atoms with Crippen LogP contribution in [0, 0.1) is 13.8 Å². The van der Waals surface area contributed by atoms with Crippen molar-refractivity contribution >= 4 is 39.4 Å². The number of hydrogen-bond acceptors (Lipinski definition) is 7. The largest absolute Gasteiger partial charge is 0.466 e.